The van der Waals surface area contributed by atoms with E-state index in [4.69, 9.17) is 4.74 Å². The molecule has 1 aliphatic heterocycles. The molecule has 2 aromatic rings. The van der Waals surface area contributed by atoms with Crippen LogP contribution in [0.3, 0.4) is 0 Å². The van der Waals surface area contributed by atoms with Crippen LogP contribution in [0.2, 0.25) is 0 Å². The van der Waals surface area contributed by atoms with Crippen molar-refractivity contribution in [2.24, 2.45) is 0 Å². The molecule has 0 spiro atoms. The molecule has 2 amide bonds. The molecule has 0 saturated heterocycles. The van der Waals surface area contributed by atoms with Gasteiger partial charge in [0, 0.05) is 18.4 Å². The van der Waals surface area contributed by atoms with Crippen LogP contribution < -0.4 is 4.74 Å². The number of aryl methyl sites for hydroxylation is 1. The van der Waals surface area contributed by atoms with Gasteiger partial charge in [-0.25, -0.2) is 0 Å². The van der Waals surface area contributed by atoms with Crippen molar-refractivity contribution in [3.63, 3.8) is 0 Å². The minimum atomic E-state index is -1.15. The van der Waals surface area contributed by atoms with Crippen molar-refractivity contribution in [3.8, 4) is 5.75 Å². The van der Waals surface area contributed by atoms with Gasteiger partial charge in [-0.15, -0.1) is 0 Å². The van der Waals surface area contributed by atoms with Gasteiger partial charge < -0.3 is 4.74 Å². The molecule has 1 fully saturated rings. The summed E-state index contributed by atoms with van der Waals surface area (Å²) in [5.74, 6) is -0.333. The lowest BCUT2D eigenvalue weighted by molar-refractivity contribution is -0.128. The third-order valence-electron chi connectivity index (χ3n) is 6.55. The van der Waals surface area contributed by atoms with Crippen molar-refractivity contribution >= 4 is 23.4 Å². The maximum absolute atomic E-state index is 13.2. The Kier molecular flexibility index (Phi) is 7.20. The van der Waals surface area contributed by atoms with E-state index >= 15 is 0 Å². The first-order valence-corrected chi connectivity index (χ1v) is 11.2. The van der Waals surface area contributed by atoms with E-state index in [-0.39, 0.29) is 31.8 Å². The quantitative estimate of drug-likeness (QED) is 0.322. The van der Waals surface area contributed by atoms with Gasteiger partial charge >= 0.3 is 0 Å². The Bertz CT molecular complexity index is 1160. The van der Waals surface area contributed by atoms with Crippen molar-refractivity contribution < 1.29 is 23.9 Å². The molecule has 0 N–H and O–H groups in total. The summed E-state index contributed by atoms with van der Waals surface area (Å²) in [4.78, 5) is 52.7. The first-order chi connectivity index (χ1) is 15.7. The average molecular weight is 462 g/mol. The summed E-state index contributed by atoms with van der Waals surface area (Å²) < 4.78 is 5.40. The van der Waals surface area contributed by atoms with E-state index in [9.17, 15) is 19.2 Å². The second-order valence-electron chi connectivity index (χ2n) is 8.83. The zero-order valence-corrected chi connectivity index (χ0v) is 19.0. The first kappa shape index (κ1) is 25.1. The van der Waals surface area contributed by atoms with Crippen LogP contribution in [-0.2, 0) is 11.2 Å². The molecule has 6 nitrogen and oxygen atoms in total. The van der Waals surface area contributed by atoms with Gasteiger partial charge in [-0.3, -0.25) is 24.1 Å². The average Bonchev–Trinajstić information content (AvgIpc) is 3.05. The van der Waals surface area contributed by atoms with Crippen molar-refractivity contribution in [2.75, 3.05) is 6.61 Å². The van der Waals surface area contributed by atoms with E-state index in [0.29, 0.717) is 42.6 Å². The Labute approximate surface area is 200 Å². The Morgan fingerprint density at radius 2 is 1.74 bits per heavy atom. The number of ketones is 2. The number of hydrogen-bond acceptors (Lipinski definition) is 5. The molecule has 1 aliphatic carbocycles. The molecule has 178 valence electrons. The van der Waals surface area contributed by atoms with Crippen molar-refractivity contribution in [2.45, 2.75) is 58.9 Å². The summed E-state index contributed by atoms with van der Waals surface area (Å²) in [5.41, 5.74) is 1.67. The zero-order chi connectivity index (χ0) is 23.8. The minimum absolute atomic E-state index is 0. The summed E-state index contributed by atoms with van der Waals surface area (Å²) in [7, 11) is 0. The Hall–Kier alpha value is -3.54. The number of fused-ring (bicyclic) bond motifs is 1. The summed E-state index contributed by atoms with van der Waals surface area (Å²) in [6.45, 7) is 8.00. The minimum Gasteiger partial charge on any atom is -0.494 e. The zero-order valence-electron chi connectivity index (χ0n) is 19.0. The molecule has 4 rings (SSSR count). The highest BCUT2D eigenvalue weighted by Gasteiger charge is 2.51. The fourth-order valence-corrected chi connectivity index (χ4v) is 4.50. The first-order valence-electron chi connectivity index (χ1n) is 11.2. The standard InChI is InChI=1S/C27H27NO5.CH4/c1-4-33-20-9-7-19(8-10-20)23(29)12-6-18-5-11-21-22(16-18)26(32)28(25(21)31)27(3)14-13-17(2)15-24(27)30;/h5,7-11,16H,2,4,6,12-15H2,1,3H3;1H4/t27-;/m0./s1. The number of benzene rings is 2. The van der Waals surface area contributed by atoms with Gasteiger partial charge in [0.15, 0.2) is 11.6 Å². The maximum atomic E-state index is 13.2. The Morgan fingerprint density at radius 1 is 1.06 bits per heavy atom. The molecule has 0 radical (unpaired) electrons. The largest absolute Gasteiger partial charge is 0.494 e. The smallest absolute Gasteiger partial charge is 0.262 e. The van der Waals surface area contributed by atoms with Crippen molar-refractivity contribution in [1.82, 2.24) is 4.90 Å². The van der Waals surface area contributed by atoms with Gasteiger partial charge in [-0.2, -0.15) is 0 Å². The third kappa shape index (κ3) is 4.45. The summed E-state index contributed by atoms with van der Waals surface area (Å²) in [6.07, 6.45) is 1.89. The van der Waals surface area contributed by atoms with Crippen LogP contribution in [0.15, 0.2) is 54.6 Å². The lowest BCUT2D eigenvalue weighted by Gasteiger charge is -2.39. The van der Waals surface area contributed by atoms with Gasteiger partial charge in [-0.05, 0) is 75.1 Å². The number of carbonyl (C=O) groups is 4. The summed E-state index contributed by atoms with van der Waals surface area (Å²) in [6, 6.07) is 12.1. The van der Waals surface area contributed by atoms with Crippen LogP contribution >= 0.6 is 0 Å². The molecule has 2 aromatic carbocycles. The van der Waals surface area contributed by atoms with Crippen molar-refractivity contribution in [3.05, 3.63) is 76.9 Å². The number of amides is 2. The van der Waals surface area contributed by atoms with Gasteiger partial charge in [0.2, 0.25) is 0 Å². The van der Waals surface area contributed by atoms with Crippen molar-refractivity contribution in [1.29, 1.82) is 0 Å². The highest BCUT2D eigenvalue weighted by Crippen LogP contribution is 2.38. The molecule has 34 heavy (non-hydrogen) atoms. The van der Waals surface area contributed by atoms with Crippen LogP contribution in [0, 0.1) is 0 Å². The highest BCUT2D eigenvalue weighted by atomic mass is 16.5. The molecule has 0 bridgehead atoms. The molecule has 2 aliphatic rings. The fourth-order valence-electron chi connectivity index (χ4n) is 4.50. The molecule has 1 atom stereocenters. The molecule has 1 saturated carbocycles. The number of Topliss-reactive ketones (excluding diaryl/α,β-unsaturated/α-hetero) is 2. The van der Waals surface area contributed by atoms with E-state index in [1.807, 2.05) is 6.92 Å². The Morgan fingerprint density at radius 3 is 2.38 bits per heavy atom. The van der Waals surface area contributed by atoms with E-state index in [1.165, 1.54) is 0 Å². The molecular formula is C28H31NO5. The van der Waals surface area contributed by atoms with E-state index < -0.39 is 17.4 Å². The van der Waals surface area contributed by atoms with Crippen LogP contribution in [0.4, 0.5) is 0 Å². The maximum Gasteiger partial charge on any atom is 0.262 e. The van der Waals surface area contributed by atoms with Gasteiger partial charge in [0.05, 0.1) is 17.7 Å². The predicted molar refractivity (Wildman–Crippen MR) is 130 cm³/mol. The van der Waals surface area contributed by atoms with Gasteiger partial charge in [-0.1, -0.05) is 25.6 Å². The number of carbonyl (C=O) groups excluding carboxylic acids is 4. The predicted octanol–water partition coefficient (Wildman–Crippen LogP) is 5.20. The number of hydrogen-bond donors (Lipinski definition) is 0. The third-order valence-corrected chi connectivity index (χ3v) is 6.55. The monoisotopic (exact) mass is 461 g/mol. The molecule has 1 heterocycles. The van der Waals surface area contributed by atoms with Gasteiger partial charge in [0.1, 0.15) is 11.3 Å². The van der Waals surface area contributed by atoms with E-state index in [2.05, 4.69) is 6.58 Å². The lowest BCUT2D eigenvalue weighted by atomic mass is 9.78. The number of allylic oxidation sites excluding steroid dienone is 1. The van der Waals surface area contributed by atoms with Crippen LogP contribution in [0.25, 0.3) is 0 Å². The number of imide groups is 1. The molecule has 0 unspecified atom stereocenters. The topological polar surface area (TPSA) is 80.8 Å². The Balaban J connectivity index is 0.00000324. The molecule has 0 aromatic heterocycles. The molecular weight excluding hydrogens is 430 g/mol. The highest BCUT2D eigenvalue weighted by molar-refractivity contribution is 6.23. The fraction of sp³-hybridized carbons (Fsp3) is 0.357. The second kappa shape index (κ2) is 9.75. The number of rotatable bonds is 7. The van der Waals surface area contributed by atoms with Crippen LogP contribution in [-0.4, -0.2) is 40.4 Å². The van der Waals surface area contributed by atoms with Gasteiger partial charge in [0.25, 0.3) is 11.8 Å². The second-order valence-corrected chi connectivity index (χ2v) is 8.83. The summed E-state index contributed by atoms with van der Waals surface area (Å²) >= 11 is 0. The SMILES string of the molecule is C.C=C1CC[C@](C)(N2C(=O)c3ccc(CCC(=O)c4ccc(OCC)cc4)cc3C2=O)C(=O)C1. The van der Waals surface area contributed by atoms with E-state index in [0.717, 1.165) is 21.8 Å². The molecule has 6 heteroatoms. The van der Waals surface area contributed by atoms with Crippen LogP contribution in [0.5, 0.6) is 5.75 Å². The van der Waals surface area contributed by atoms with E-state index in [1.54, 1.807) is 49.4 Å². The van der Waals surface area contributed by atoms with Crippen LogP contribution in [0.1, 0.15) is 83.6 Å². The lowest BCUT2D eigenvalue weighted by Crippen LogP contribution is -2.56. The normalized spacial score (nSPS) is 19.6. The number of ether oxygens (including phenoxy) is 1. The number of nitrogens with zero attached hydrogens (tertiary/aromatic N) is 1. The summed E-state index contributed by atoms with van der Waals surface area (Å²) in [5, 5.41) is 0.